The van der Waals surface area contributed by atoms with Crippen molar-refractivity contribution in [3.63, 3.8) is 0 Å². The highest BCUT2D eigenvalue weighted by Crippen LogP contribution is 2.38. The lowest BCUT2D eigenvalue weighted by Gasteiger charge is -2.36. The molecule has 150 valence electrons. The normalized spacial score (nSPS) is 21.6. The molecule has 0 aromatic heterocycles. The zero-order chi connectivity index (χ0) is 19.6. The number of benzene rings is 1. The predicted molar refractivity (Wildman–Crippen MR) is 108 cm³/mol. The van der Waals surface area contributed by atoms with E-state index < -0.39 is 6.04 Å². The highest BCUT2D eigenvalue weighted by atomic mass is 19.1. The van der Waals surface area contributed by atoms with Crippen molar-refractivity contribution < 1.29 is 9.18 Å². The number of amides is 1. The van der Waals surface area contributed by atoms with Crippen molar-refractivity contribution in [3.05, 3.63) is 29.6 Å². The Balaban J connectivity index is 1.56. The number of nitrogens with zero attached hydrogens (tertiary/aromatic N) is 1. The van der Waals surface area contributed by atoms with Crippen LogP contribution in [0.1, 0.15) is 64.9 Å². The van der Waals surface area contributed by atoms with Gasteiger partial charge in [0, 0.05) is 23.8 Å². The third-order valence-electron chi connectivity index (χ3n) is 6.18. The van der Waals surface area contributed by atoms with Crippen LogP contribution in [0.15, 0.2) is 18.2 Å². The van der Waals surface area contributed by atoms with Gasteiger partial charge in [0.25, 0.3) is 0 Å². The molecule has 2 aliphatic rings. The van der Waals surface area contributed by atoms with Crippen molar-refractivity contribution in [3.8, 4) is 0 Å². The number of anilines is 1. The van der Waals surface area contributed by atoms with Crippen LogP contribution in [0.5, 0.6) is 0 Å². The van der Waals surface area contributed by atoms with Gasteiger partial charge in [-0.2, -0.15) is 0 Å². The summed E-state index contributed by atoms with van der Waals surface area (Å²) in [6.45, 7) is 7.03. The molecule has 0 bridgehead atoms. The molecule has 1 aromatic rings. The second-order valence-electron chi connectivity index (χ2n) is 9.13. The first-order valence-corrected chi connectivity index (χ1v) is 10.4. The molecule has 5 heteroatoms. The third kappa shape index (κ3) is 4.81. The monoisotopic (exact) mass is 375 g/mol. The second kappa shape index (κ2) is 8.17. The zero-order valence-electron chi connectivity index (χ0n) is 16.9. The van der Waals surface area contributed by atoms with Gasteiger partial charge in [0.05, 0.1) is 6.04 Å². The van der Waals surface area contributed by atoms with E-state index in [0.717, 1.165) is 24.1 Å². The van der Waals surface area contributed by atoms with E-state index in [1.54, 1.807) is 6.07 Å². The fraction of sp³-hybridized carbons (Fsp3) is 0.682. The maximum atomic E-state index is 13.6. The number of carbonyl (C=O) groups is 1. The minimum atomic E-state index is -0.427. The van der Waals surface area contributed by atoms with E-state index in [9.17, 15) is 9.18 Å². The van der Waals surface area contributed by atoms with Crippen LogP contribution < -0.4 is 16.0 Å². The molecule has 1 amide bonds. The second-order valence-corrected chi connectivity index (χ2v) is 9.13. The van der Waals surface area contributed by atoms with Crippen LogP contribution in [-0.2, 0) is 11.2 Å². The van der Waals surface area contributed by atoms with Crippen LogP contribution in [-0.4, -0.2) is 30.1 Å². The van der Waals surface area contributed by atoms with Gasteiger partial charge in [0.2, 0.25) is 5.91 Å². The van der Waals surface area contributed by atoms with Gasteiger partial charge in [-0.3, -0.25) is 4.79 Å². The van der Waals surface area contributed by atoms with E-state index in [1.165, 1.54) is 38.2 Å². The third-order valence-corrected chi connectivity index (χ3v) is 6.18. The number of halogens is 1. The van der Waals surface area contributed by atoms with Crippen LogP contribution in [0.25, 0.3) is 0 Å². The first-order chi connectivity index (χ1) is 12.8. The van der Waals surface area contributed by atoms with Crippen LogP contribution in [0, 0.1) is 11.7 Å². The van der Waals surface area contributed by atoms with Crippen molar-refractivity contribution in [2.75, 3.05) is 11.4 Å². The lowest BCUT2D eigenvalue weighted by molar-refractivity contribution is -0.123. The van der Waals surface area contributed by atoms with E-state index in [2.05, 4.69) is 24.1 Å². The maximum Gasteiger partial charge on any atom is 0.237 e. The van der Waals surface area contributed by atoms with Crippen LogP contribution in [0.3, 0.4) is 0 Å². The minimum absolute atomic E-state index is 0.0230. The van der Waals surface area contributed by atoms with Gasteiger partial charge in [-0.1, -0.05) is 32.1 Å². The van der Waals surface area contributed by atoms with E-state index in [1.807, 2.05) is 13.0 Å². The number of nitrogens with one attached hydrogen (secondary N) is 1. The quantitative estimate of drug-likeness (QED) is 0.796. The van der Waals surface area contributed by atoms with Gasteiger partial charge in [-0.25, -0.2) is 4.39 Å². The Morgan fingerprint density at radius 3 is 2.74 bits per heavy atom. The summed E-state index contributed by atoms with van der Waals surface area (Å²) >= 11 is 0. The fourth-order valence-corrected chi connectivity index (χ4v) is 4.75. The van der Waals surface area contributed by atoms with Crippen molar-refractivity contribution >= 4 is 11.6 Å². The van der Waals surface area contributed by atoms with Crippen LogP contribution in [0.2, 0.25) is 0 Å². The van der Waals surface area contributed by atoms with Gasteiger partial charge < -0.3 is 16.0 Å². The Kier molecular flexibility index (Phi) is 6.09. The van der Waals surface area contributed by atoms with Crippen LogP contribution >= 0.6 is 0 Å². The summed E-state index contributed by atoms with van der Waals surface area (Å²) in [6.07, 6.45) is 7.83. The van der Waals surface area contributed by atoms with E-state index in [0.29, 0.717) is 12.5 Å². The van der Waals surface area contributed by atoms with Crippen molar-refractivity contribution in [1.82, 2.24) is 5.32 Å². The Labute approximate surface area is 162 Å². The van der Waals surface area contributed by atoms with Crippen molar-refractivity contribution in [1.29, 1.82) is 0 Å². The lowest BCUT2D eigenvalue weighted by atomic mass is 9.85. The highest BCUT2D eigenvalue weighted by Gasteiger charge is 2.37. The van der Waals surface area contributed by atoms with Gasteiger partial charge in [0.1, 0.15) is 5.82 Å². The van der Waals surface area contributed by atoms with E-state index >= 15 is 0 Å². The van der Waals surface area contributed by atoms with Crippen molar-refractivity contribution in [2.45, 2.75) is 83.3 Å². The molecule has 1 heterocycles. The average molecular weight is 376 g/mol. The molecule has 3 N–H and O–H groups in total. The van der Waals surface area contributed by atoms with E-state index in [4.69, 9.17) is 5.73 Å². The topological polar surface area (TPSA) is 58.4 Å². The number of nitrogens with two attached hydrogens (primary N) is 1. The molecule has 1 aliphatic heterocycles. The summed E-state index contributed by atoms with van der Waals surface area (Å²) in [5, 5.41) is 3.10. The molecule has 4 nitrogen and oxygen atoms in total. The summed E-state index contributed by atoms with van der Waals surface area (Å²) in [5.41, 5.74) is 8.18. The van der Waals surface area contributed by atoms with Crippen LogP contribution in [0.4, 0.5) is 10.1 Å². The molecule has 0 saturated heterocycles. The molecule has 1 aliphatic carbocycles. The van der Waals surface area contributed by atoms with Gasteiger partial charge in [-0.05, 0) is 63.3 Å². The smallest absolute Gasteiger partial charge is 0.237 e. The molecule has 1 saturated carbocycles. The molecule has 3 rings (SSSR count). The predicted octanol–water partition coefficient (Wildman–Crippen LogP) is 3.77. The molecule has 0 unspecified atom stereocenters. The Morgan fingerprint density at radius 1 is 1.33 bits per heavy atom. The summed E-state index contributed by atoms with van der Waals surface area (Å²) in [4.78, 5) is 14.8. The number of fused-ring (bicyclic) bond motifs is 1. The highest BCUT2D eigenvalue weighted by molar-refractivity contribution is 5.81. The summed E-state index contributed by atoms with van der Waals surface area (Å²) in [7, 11) is 0. The van der Waals surface area contributed by atoms with Gasteiger partial charge in [-0.15, -0.1) is 0 Å². The standard InChI is InChI=1S/C22H34FN3O/c1-15(25-21(27)19(24)11-16-7-5-4-6-8-16)14-26-20-10-9-18(23)12-17(20)13-22(26,2)3/h9-10,12,15-16,19H,4-8,11,13-14,24H2,1-3H3,(H,25,27)/t15-,19-/m0/s1. The Bertz CT molecular complexity index is 670. The lowest BCUT2D eigenvalue weighted by Crippen LogP contribution is -2.52. The largest absolute Gasteiger partial charge is 0.364 e. The SMILES string of the molecule is C[C@@H](CN1c2ccc(F)cc2CC1(C)C)NC(=O)[C@@H](N)CC1CCCCC1. The van der Waals surface area contributed by atoms with Crippen molar-refractivity contribution in [2.24, 2.45) is 11.7 Å². The molecule has 1 aromatic carbocycles. The maximum absolute atomic E-state index is 13.6. The molecular formula is C22H34FN3O. The first kappa shape index (κ1) is 20.1. The Morgan fingerprint density at radius 2 is 2.04 bits per heavy atom. The molecule has 1 fully saturated rings. The number of rotatable bonds is 6. The summed E-state index contributed by atoms with van der Waals surface area (Å²) < 4.78 is 13.6. The first-order valence-electron chi connectivity index (χ1n) is 10.4. The molecule has 27 heavy (non-hydrogen) atoms. The Hall–Kier alpha value is -1.62. The molecule has 0 spiro atoms. The number of carbonyl (C=O) groups excluding carboxylic acids is 1. The average Bonchev–Trinajstić information content (AvgIpc) is 2.84. The number of hydrogen-bond acceptors (Lipinski definition) is 3. The van der Waals surface area contributed by atoms with Gasteiger partial charge in [0.15, 0.2) is 0 Å². The number of hydrogen-bond donors (Lipinski definition) is 2. The summed E-state index contributed by atoms with van der Waals surface area (Å²) in [6, 6.07) is 4.54. The molecule has 2 atom stereocenters. The fourth-order valence-electron chi connectivity index (χ4n) is 4.75. The molecule has 0 radical (unpaired) electrons. The van der Waals surface area contributed by atoms with Gasteiger partial charge >= 0.3 is 0 Å². The minimum Gasteiger partial charge on any atom is -0.364 e. The molecular weight excluding hydrogens is 341 g/mol. The van der Waals surface area contributed by atoms with E-state index in [-0.39, 0.29) is 23.3 Å². The summed E-state index contributed by atoms with van der Waals surface area (Å²) in [5.74, 6) is 0.347. The zero-order valence-corrected chi connectivity index (χ0v) is 16.9.